The van der Waals surface area contributed by atoms with Crippen LogP contribution in [0.5, 0.6) is 5.75 Å². The summed E-state index contributed by atoms with van der Waals surface area (Å²) in [6, 6.07) is 12.0. The standard InChI is InChI=1S/C23H25ClN4O5S/c1-15-26-22(27-33-15)16-9-10-19(24)21(12-16)34(30,31)28-11-5-7-18(14-28)23(29)25-13-17-6-3-4-8-20(17)32-2/h3-4,6,8-10,12,18H,5,7,11,13-14H2,1-2H3,(H,25,29)/t18-/m1/s1. The number of ether oxygens (including phenoxy) is 1. The van der Waals surface area contributed by atoms with E-state index in [4.69, 9.17) is 20.9 Å². The number of aromatic nitrogens is 2. The molecule has 1 aromatic heterocycles. The first-order valence-electron chi connectivity index (χ1n) is 10.8. The molecule has 2 heterocycles. The van der Waals surface area contributed by atoms with E-state index in [1.807, 2.05) is 24.3 Å². The second-order valence-electron chi connectivity index (χ2n) is 8.01. The van der Waals surface area contributed by atoms with Gasteiger partial charge in [0, 0.05) is 37.7 Å². The number of para-hydroxylation sites is 1. The second-order valence-corrected chi connectivity index (χ2v) is 10.3. The SMILES string of the molecule is COc1ccccc1CNC(=O)[C@@H]1CCCN(S(=O)(=O)c2cc(-c3noc(C)n3)ccc2Cl)C1. The van der Waals surface area contributed by atoms with E-state index in [0.717, 1.165) is 5.56 Å². The zero-order valence-electron chi connectivity index (χ0n) is 18.8. The highest BCUT2D eigenvalue weighted by Gasteiger charge is 2.34. The van der Waals surface area contributed by atoms with Crippen LogP contribution in [0.1, 0.15) is 24.3 Å². The number of rotatable bonds is 7. The normalized spacial score (nSPS) is 16.9. The molecule has 1 N–H and O–H groups in total. The highest BCUT2D eigenvalue weighted by atomic mass is 35.5. The van der Waals surface area contributed by atoms with E-state index in [1.54, 1.807) is 20.1 Å². The summed E-state index contributed by atoms with van der Waals surface area (Å²) in [5.41, 5.74) is 1.32. The zero-order valence-corrected chi connectivity index (χ0v) is 20.4. The Hall–Kier alpha value is -2.95. The Kier molecular flexibility index (Phi) is 7.20. The molecular formula is C23H25ClN4O5S. The lowest BCUT2D eigenvalue weighted by atomic mass is 9.98. The van der Waals surface area contributed by atoms with E-state index in [0.29, 0.717) is 43.1 Å². The van der Waals surface area contributed by atoms with Gasteiger partial charge in [0.15, 0.2) is 0 Å². The van der Waals surface area contributed by atoms with Crippen molar-refractivity contribution >= 4 is 27.5 Å². The second kappa shape index (κ2) is 10.1. The molecule has 1 amide bonds. The van der Waals surface area contributed by atoms with Gasteiger partial charge in [0.2, 0.25) is 27.6 Å². The van der Waals surface area contributed by atoms with E-state index >= 15 is 0 Å². The summed E-state index contributed by atoms with van der Waals surface area (Å²) in [5, 5.41) is 6.84. The summed E-state index contributed by atoms with van der Waals surface area (Å²) in [5.74, 6) is 0.653. The largest absolute Gasteiger partial charge is 0.496 e. The summed E-state index contributed by atoms with van der Waals surface area (Å²) in [6.45, 7) is 2.32. The molecule has 0 aliphatic carbocycles. The fourth-order valence-electron chi connectivity index (χ4n) is 3.95. The summed E-state index contributed by atoms with van der Waals surface area (Å²) < 4.78 is 38.5. The first-order chi connectivity index (χ1) is 16.3. The Balaban J connectivity index is 1.49. The summed E-state index contributed by atoms with van der Waals surface area (Å²) in [7, 11) is -2.37. The van der Waals surface area contributed by atoms with Crippen molar-refractivity contribution < 1.29 is 22.5 Å². The molecule has 3 aromatic rings. The van der Waals surface area contributed by atoms with Crippen molar-refractivity contribution in [1.82, 2.24) is 19.8 Å². The van der Waals surface area contributed by atoms with Crippen LogP contribution in [-0.4, -0.2) is 49.0 Å². The average molecular weight is 505 g/mol. The minimum atomic E-state index is -3.95. The Bertz CT molecular complexity index is 1290. The van der Waals surface area contributed by atoms with Crippen molar-refractivity contribution in [2.24, 2.45) is 5.92 Å². The highest BCUT2D eigenvalue weighted by Crippen LogP contribution is 2.31. The summed E-state index contributed by atoms with van der Waals surface area (Å²) >= 11 is 6.28. The van der Waals surface area contributed by atoms with Gasteiger partial charge >= 0.3 is 0 Å². The maximum Gasteiger partial charge on any atom is 0.244 e. The third kappa shape index (κ3) is 5.08. The Morgan fingerprint density at radius 1 is 1.29 bits per heavy atom. The van der Waals surface area contributed by atoms with Crippen molar-refractivity contribution in [3.05, 3.63) is 58.9 Å². The molecule has 180 valence electrons. The lowest BCUT2D eigenvalue weighted by Crippen LogP contribution is -2.45. The number of benzene rings is 2. The molecule has 9 nitrogen and oxygen atoms in total. The van der Waals surface area contributed by atoms with Gasteiger partial charge in [-0.3, -0.25) is 4.79 Å². The van der Waals surface area contributed by atoms with Crippen LogP contribution in [0.4, 0.5) is 0 Å². The minimum Gasteiger partial charge on any atom is -0.496 e. The number of carbonyl (C=O) groups is 1. The Morgan fingerprint density at radius 3 is 2.82 bits per heavy atom. The maximum atomic E-state index is 13.5. The number of nitrogens with zero attached hydrogens (tertiary/aromatic N) is 3. The number of amides is 1. The third-order valence-electron chi connectivity index (χ3n) is 5.74. The fraction of sp³-hybridized carbons (Fsp3) is 0.348. The van der Waals surface area contributed by atoms with Crippen LogP contribution in [0.15, 0.2) is 51.9 Å². The molecule has 1 saturated heterocycles. The average Bonchev–Trinajstić information content (AvgIpc) is 3.29. The van der Waals surface area contributed by atoms with Crippen LogP contribution in [0.3, 0.4) is 0 Å². The number of aryl methyl sites for hydroxylation is 1. The van der Waals surface area contributed by atoms with Crippen LogP contribution in [0, 0.1) is 12.8 Å². The molecule has 34 heavy (non-hydrogen) atoms. The lowest BCUT2D eigenvalue weighted by Gasteiger charge is -2.31. The van der Waals surface area contributed by atoms with Gasteiger partial charge in [0.1, 0.15) is 10.6 Å². The number of hydrogen-bond acceptors (Lipinski definition) is 7. The number of sulfonamides is 1. The van der Waals surface area contributed by atoms with Gasteiger partial charge in [0.25, 0.3) is 0 Å². The van der Waals surface area contributed by atoms with Gasteiger partial charge in [-0.15, -0.1) is 0 Å². The van der Waals surface area contributed by atoms with E-state index in [9.17, 15) is 13.2 Å². The predicted molar refractivity (Wildman–Crippen MR) is 126 cm³/mol. The number of carbonyl (C=O) groups excluding carboxylic acids is 1. The van der Waals surface area contributed by atoms with Crippen LogP contribution >= 0.6 is 11.6 Å². The van der Waals surface area contributed by atoms with Crippen LogP contribution in [0.2, 0.25) is 5.02 Å². The first-order valence-corrected chi connectivity index (χ1v) is 12.6. The molecule has 11 heteroatoms. The van der Waals surface area contributed by atoms with E-state index in [-0.39, 0.29) is 28.2 Å². The smallest absolute Gasteiger partial charge is 0.244 e. The van der Waals surface area contributed by atoms with Crippen LogP contribution in [-0.2, 0) is 21.4 Å². The van der Waals surface area contributed by atoms with Crippen molar-refractivity contribution in [2.75, 3.05) is 20.2 Å². The number of nitrogens with one attached hydrogen (secondary N) is 1. The van der Waals surface area contributed by atoms with Gasteiger partial charge in [-0.05, 0) is 37.1 Å². The van der Waals surface area contributed by atoms with Crippen molar-refractivity contribution in [3.8, 4) is 17.1 Å². The molecule has 2 aromatic carbocycles. The first kappa shape index (κ1) is 24.2. The lowest BCUT2D eigenvalue weighted by molar-refractivity contribution is -0.126. The monoisotopic (exact) mass is 504 g/mol. The van der Waals surface area contributed by atoms with E-state index in [1.165, 1.54) is 16.4 Å². The molecule has 1 aliphatic heterocycles. The maximum absolute atomic E-state index is 13.5. The van der Waals surface area contributed by atoms with Crippen molar-refractivity contribution in [3.63, 3.8) is 0 Å². The summed E-state index contributed by atoms with van der Waals surface area (Å²) in [4.78, 5) is 17.0. The van der Waals surface area contributed by atoms with Gasteiger partial charge in [-0.25, -0.2) is 8.42 Å². The Labute approximate surface area is 203 Å². The number of hydrogen-bond donors (Lipinski definition) is 1. The van der Waals surface area contributed by atoms with Crippen molar-refractivity contribution in [2.45, 2.75) is 31.2 Å². The molecular weight excluding hydrogens is 480 g/mol. The fourth-order valence-corrected chi connectivity index (χ4v) is 5.97. The van der Waals surface area contributed by atoms with E-state index < -0.39 is 15.9 Å². The molecule has 4 rings (SSSR count). The molecule has 1 fully saturated rings. The molecule has 0 saturated carbocycles. The number of methoxy groups -OCH3 is 1. The predicted octanol–water partition coefficient (Wildman–Crippen LogP) is 3.42. The molecule has 0 spiro atoms. The quantitative estimate of drug-likeness (QED) is 0.524. The Morgan fingerprint density at radius 2 is 2.09 bits per heavy atom. The molecule has 0 unspecified atom stereocenters. The minimum absolute atomic E-state index is 0.0517. The third-order valence-corrected chi connectivity index (χ3v) is 8.08. The van der Waals surface area contributed by atoms with Crippen LogP contribution in [0.25, 0.3) is 11.4 Å². The van der Waals surface area contributed by atoms with Crippen LogP contribution < -0.4 is 10.1 Å². The van der Waals surface area contributed by atoms with Gasteiger partial charge in [0.05, 0.1) is 18.1 Å². The molecule has 1 aliphatic rings. The number of piperidine rings is 1. The number of halogens is 1. The zero-order chi connectivity index (χ0) is 24.3. The van der Waals surface area contributed by atoms with Crippen molar-refractivity contribution in [1.29, 1.82) is 0 Å². The molecule has 0 bridgehead atoms. The van der Waals surface area contributed by atoms with Gasteiger partial charge in [-0.2, -0.15) is 9.29 Å². The summed E-state index contributed by atoms with van der Waals surface area (Å²) in [6.07, 6.45) is 1.16. The topological polar surface area (TPSA) is 115 Å². The highest BCUT2D eigenvalue weighted by molar-refractivity contribution is 7.89. The van der Waals surface area contributed by atoms with E-state index in [2.05, 4.69) is 15.5 Å². The molecule has 1 atom stereocenters. The van der Waals surface area contributed by atoms with Gasteiger partial charge < -0.3 is 14.6 Å². The van der Waals surface area contributed by atoms with Gasteiger partial charge in [-0.1, -0.05) is 35.0 Å². The molecule has 0 radical (unpaired) electrons.